The van der Waals surface area contributed by atoms with Crippen LogP contribution in [0.25, 0.3) is 0 Å². The highest BCUT2D eigenvalue weighted by atomic mass is 16.5. The molecule has 2 atom stereocenters. The zero-order valence-corrected chi connectivity index (χ0v) is 10.9. The number of rotatable bonds is 1. The monoisotopic (exact) mass is 250 g/mol. The molecule has 2 unspecified atom stereocenters. The number of hydrogen-bond acceptors (Lipinski definition) is 4. The van der Waals surface area contributed by atoms with Gasteiger partial charge in [0.15, 0.2) is 5.82 Å². The number of carbonyl (C=O) groups excluding carboxylic acids is 1. The lowest BCUT2D eigenvalue weighted by Gasteiger charge is -2.26. The molecule has 2 aliphatic heterocycles. The lowest BCUT2D eigenvalue weighted by Crippen LogP contribution is -2.41. The van der Waals surface area contributed by atoms with Crippen molar-refractivity contribution in [1.29, 1.82) is 0 Å². The summed E-state index contributed by atoms with van der Waals surface area (Å²) in [6, 6.07) is 0.104. The molecule has 0 radical (unpaired) electrons. The third-order valence-electron chi connectivity index (χ3n) is 3.87. The number of hydrogen-bond donors (Lipinski definition) is 1. The van der Waals surface area contributed by atoms with Crippen molar-refractivity contribution in [3.63, 3.8) is 0 Å². The predicted octanol–water partition coefficient (Wildman–Crippen LogP) is 0.615. The lowest BCUT2D eigenvalue weighted by atomic mass is 10.0. The van der Waals surface area contributed by atoms with Crippen molar-refractivity contribution < 1.29 is 9.53 Å². The molecule has 98 valence electrons. The standard InChI is InChI=1S/C12H18N4O2/c1-4-16-12-10(7(2)14-16)13-11(17)8-5-18-6-9(8)15(12)3/h8-9H,4-6H2,1-3H3,(H,13,17). The molecule has 1 aromatic rings. The Morgan fingerprint density at radius 3 is 3.00 bits per heavy atom. The first-order valence-corrected chi connectivity index (χ1v) is 6.32. The highest BCUT2D eigenvalue weighted by molar-refractivity contribution is 5.98. The van der Waals surface area contributed by atoms with E-state index in [-0.39, 0.29) is 17.9 Å². The van der Waals surface area contributed by atoms with Crippen LogP contribution in [0.5, 0.6) is 0 Å². The van der Waals surface area contributed by atoms with Gasteiger partial charge in [-0.05, 0) is 13.8 Å². The smallest absolute Gasteiger partial charge is 0.232 e. The summed E-state index contributed by atoms with van der Waals surface area (Å²) in [7, 11) is 2.01. The maximum absolute atomic E-state index is 12.2. The van der Waals surface area contributed by atoms with Gasteiger partial charge in [-0.2, -0.15) is 5.10 Å². The fourth-order valence-electron chi connectivity index (χ4n) is 2.84. The van der Waals surface area contributed by atoms with Gasteiger partial charge in [0.1, 0.15) is 5.69 Å². The van der Waals surface area contributed by atoms with Gasteiger partial charge < -0.3 is 15.0 Å². The van der Waals surface area contributed by atoms with Gasteiger partial charge in [-0.3, -0.25) is 4.79 Å². The van der Waals surface area contributed by atoms with E-state index in [1.54, 1.807) is 0 Å². The molecule has 1 amide bonds. The topological polar surface area (TPSA) is 59.4 Å². The van der Waals surface area contributed by atoms with Crippen molar-refractivity contribution in [3.8, 4) is 0 Å². The number of anilines is 2. The summed E-state index contributed by atoms with van der Waals surface area (Å²) in [5.74, 6) is 0.940. The maximum atomic E-state index is 12.2. The van der Waals surface area contributed by atoms with Gasteiger partial charge >= 0.3 is 0 Å². The fraction of sp³-hybridized carbons (Fsp3) is 0.667. The van der Waals surface area contributed by atoms with Crippen LogP contribution in [0.2, 0.25) is 0 Å². The molecule has 0 spiro atoms. The maximum Gasteiger partial charge on any atom is 0.232 e. The number of aryl methyl sites for hydroxylation is 2. The molecule has 0 saturated carbocycles. The molecular formula is C12H18N4O2. The highest BCUT2D eigenvalue weighted by Gasteiger charge is 2.41. The number of fused-ring (bicyclic) bond motifs is 2. The molecule has 0 aliphatic carbocycles. The van der Waals surface area contributed by atoms with Crippen molar-refractivity contribution >= 4 is 17.4 Å². The second kappa shape index (κ2) is 3.98. The molecular weight excluding hydrogens is 232 g/mol. The van der Waals surface area contributed by atoms with Crippen molar-refractivity contribution in [1.82, 2.24) is 9.78 Å². The van der Waals surface area contributed by atoms with Crippen LogP contribution in [0, 0.1) is 12.8 Å². The molecule has 0 bridgehead atoms. The summed E-state index contributed by atoms with van der Waals surface area (Å²) in [4.78, 5) is 14.3. The molecule has 6 heteroatoms. The van der Waals surface area contributed by atoms with Gasteiger partial charge in [0.2, 0.25) is 5.91 Å². The van der Waals surface area contributed by atoms with Gasteiger partial charge in [0.05, 0.1) is 30.9 Å². The Morgan fingerprint density at radius 2 is 2.28 bits per heavy atom. The fourth-order valence-corrected chi connectivity index (χ4v) is 2.84. The summed E-state index contributed by atoms with van der Waals surface area (Å²) in [6.07, 6.45) is 0. The van der Waals surface area contributed by atoms with Gasteiger partial charge in [-0.25, -0.2) is 4.68 Å². The second-order valence-corrected chi connectivity index (χ2v) is 4.91. The highest BCUT2D eigenvalue weighted by Crippen LogP contribution is 2.36. The summed E-state index contributed by atoms with van der Waals surface area (Å²) in [5.41, 5.74) is 1.71. The quantitative estimate of drug-likeness (QED) is 0.793. The Labute approximate surface area is 106 Å². The molecule has 3 heterocycles. The number of nitrogens with zero attached hydrogens (tertiary/aromatic N) is 3. The first kappa shape index (κ1) is 11.5. The average Bonchev–Trinajstić information content (AvgIpc) is 2.92. The van der Waals surface area contributed by atoms with E-state index in [4.69, 9.17) is 4.74 Å². The summed E-state index contributed by atoms with van der Waals surface area (Å²) in [6.45, 7) is 5.87. The minimum atomic E-state index is -0.0906. The first-order valence-electron chi connectivity index (χ1n) is 6.32. The Balaban J connectivity index is 2.12. The SMILES string of the molecule is CCn1nc(C)c2c1N(C)C1COCC1C(=O)N2. The third-order valence-corrected chi connectivity index (χ3v) is 3.87. The Bertz CT molecular complexity index is 497. The van der Waals surface area contributed by atoms with E-state index in [0.717, 1.165) is 23.7 Å². The zero-order chi connectivity index (χ0) is 12.9. The first-order chi connectivity index (χ1) is 8.63. The van der Waals surface area contributed by atoms with Crippen molar-refractivity contribution in [2.24, 2.45) is 5.92 Å². The number of aromatic nitrogens is 2. The van der Waals surface area contributed by atoms with E-state index >= 15 is 0 Å². The number of ether oxygens (including phenoxy) is 1. The summed E-state index contributed by atoms with van der Waals surface area (Å²) >= 11 is 0. The molecule has 1 fully saturated rings. The minimum Gasteiger partial charge on any atom is -0.378 e. The number of carbonyl (C=O) groups is 1. The van der Waals surface area contributed by atoms with Crippen LogP contribution < -0.4 is 10.2 Å². The van der Waals surface area contributed by atoms with E-state index in [0.29, 0.717) is 13.2 Å². The van der Waals surface area contributed by atoms with Crippen LogP contribution in [0.15, 0.2) is 0 Å². The predicted molar refractivity (Wildman–Crippen MR) is 67.8 cm³/mol. The molecule has 1 saturated heterocycles. The summed E-state index contributed by atoms with van der Waals surface area (Å²) < 4.78 is 7.39. The number of amides is 1. The van der Waals surface area contributed by atoms with Gasteiger partial charge in [0.25, 0.3) is 0 Å². The third kappa shape index (κ3) is 1.45. The molecule has 0 aromatic carbocycles. The van der Waals surface area contributed by atoms with E-state index in [1.165, 1.54) is 0 Å². The van der Waals surface area contributed by atoms with E-state index < -0.39 is 0 Å². The number of likely N-dealkylation sites (N-methyl/N-ethyl adjacent to an activating group) is 1. The lowest BCUT2D eigenvalue weighted by molar-refractivity contribution is -0.120. The second-order valence-electron chi connectivity index (χ2n) is 4.91. The van der Waals surface area contributed by atoms with Crippen molar-refractivity contribution in [2.45, 2.75) is 26.4 Å². The van der Waals surface area contributed by atoms with Crippen LogP contribution >= 0.6 is 0 Å². The molecule has 3 rings (SSSR count). The van der Waals surface area contributed by atoms with E-state index in [9.17, 15) is 4.79 Å². The molecule has 2 aliphatic rings. The normalized spacial score (nSPS) is 26.6. The van der Waals surface area contributed by atoms with Crippen molar-refractivity contribution in [3.05, 3.63) is 5.69 Å². The zero-order valence-electron chi connectivity index (χ0n) is 10.9. The van der Waals surface area contributed by atoms with Crippen molar-refractivity contribution in [2.75, 3.05) is 30.5 Å². The van der Waals surface area contributed by atoms with Crippen LogP contribution in [-0.4, -0.2) is 42.0 Å². The molecule has 1 aromatic heterocycles. The van der Waals surface area contributed by atoms with Gasteiger partial charge in [-0.15, -0.1) is 0 Å². The van der Waals surface area contributed by atoms with Gasteiger partial charge in [0, 0.05) is 13.6 Å². The van der Waals surface area contributed by atoms with Crippen LogP contribution in [-0.2, 0) is 16.1 Å². The molecule has 1 N–H and O–H groups in total. The van der Waals surface area contributed by atoms with Crippen LogP contribution in [0.3, 0.4) is 0 Å². The Hall–Kier alpha value is -1.56. The van der Waals surface area contributed by atoms with Crippen LogP contribution in [0.4, 0.5) is 11.5 Å². The average molecular weight is 250 g/mol. The largest absolute Gasteiger partial charge is 0.378 e. The molecule has 6 nitrogen and oxygen atoms in total. The van der Waals surface area contributed by atoms with Crippen LogP contribution in [0.1, 0.15) is 12.6 Å². The Morgan fingerprint density at radius 1 is 1.50 bits per heavy atom. The summed E-state index contributed by atoms with van der Waals surface area (Å²) in [5, 5.41) is 7.47. The minimum absolute atomic E-state index is 0.0434. The Kier molecular flexibility index (Phi) is 2.55. The molecule has 18 heavy (non-hydrogen) atoms. The van der Waals surface area contributed by atoms with E-state index in [1.807, 2.05) is 18.7 Å². The van der Waals surface area contributed by atoms with E-state index in [2.05, 4.69) is 22.2 Å². The number of nitrogens with one attached hydrogen (secondary N) is 1. The van der Waals surface area contributed by atoms with Gasteiger partial charge in [-0.1, -0.05) is 0 Å².